The van der Waals surface area contributed by atoms with E-state index in [2.05, 4.69) is 23.4 Å². The third-order valence-corrected chi connectivity index (χ3v) is 5.59. The Hall–Kier alpha value is -1.95. The number of anilines is 1. The Bertz CT molecular complexity index is 847. The zero-order chi connectivity index (χ0) is 17.6. The minimum absolute atomic E-state index is 0.0746. The Labute approximate surface area is 144 Å². The van der Waals surface area contributed by atoms with Gasteiger partial charge in [-0.1, -0.05) is 32.9 Å². The molecule has 0 fully saturated rings. The average molecular weight is 345 g/mol. The van der Waals surface area contributed by atoms with Crippen molar-refractivity contribution in [2.75, 3.05) is 5.32 Å². The smallest absolute Gasteiger partial charge is 0.230 e. The van der Waals surface area contributed by atoms with Crippen molar-refractivity contribution >= 4 is 22.5 Å². The van der Waals surface area contributed by atoms with Gasteiger partial charge in [0.05, 0.1) is 22.9 Å². The van der Waals surface area contributed by atoms with Crippen LogP contribution in [0.4, 0.5) is 5.82 Å². The molecule has 0 spiro atoms. The maximum atomic E-state index is 12.5. The number of aryl methyl sites for hydroxylation is 1. The van der Waals surface area contributed by atoms with Crippen LogP contribution in [-0.4, -0.2) is 19.9 Å². The first-order valence-corrected chi connectivity index (χ1v) is 9.51. The number of hydrogen-bond donors (Lipinski definition) is 1. The number of fused-ring (bicyclic) bond motifs is 1. The number of rotatable bonds is 2. The molecule has 2 aromatic rings. The molecule has 2 heterocycles. The van der Waals surface area contributed by atoms with Gasteiger partial charge in [-0.2, -0.15) is 5.10 Å². The molecule has 1 amide bonds. The first-order chi connectivity index (χ1) is 11.2. The van der Waals surface area contributed by atoms with Crippen molar-refractivity contribution < 1.29 is 9.00 Å². The van der Waals surface area contributed by atoms with Gasteiger partial charge in [0.2, 0.25) is 5.91 Å². The summed E-state index contributed by atoms with van der Waals surface area (Å²) in [5, 5.41) is 7.68. The van der Waals surface area contributed by atoms with E-state index in [4.69, 9.17) is 0 Å². The van der Waals surface area contributed by atoms with E-state index in [1.165, 1.54) is 5.56 Å². The molecule has 0 unspecified atom stereocenters. The molecule has 0 bridgehead atoms. The van der Waals surface area contributed by atoms with E-state index in [0.29, 0.717) is 17.3 Å². The van der Waals surface area contributed by atoms with Gasteiger partial charge in [0.1, 0.15) is 5.82 Å². The number of hydrogen-bond acceptors (Lipinski definition) is 3. The number of nitrogens with one attached hydrogen (secondary N) is 1. The van der Waals surface area contributed by atoms with Crippen molar-refractivity contribution in [2.24, 2.45) is 5.41 Å². The lowest BCUT2D eigenvalue weighted by Crippen LogP contribution is -2.29. The molecule has 5 nitrogen and oxygen atoms in total. The monoisotopic (exact) mass is 345 g/mol. The van der Waals surface area contributed by atoms with Crippen LogP contribution >= 0.6 is 0 Å². The molecule has 0 aliphatic carbocycles. The standard InChI is InChI=1S/C18H23N3O2S/c1-11-7-6-8-15(12(11)2)21-16(19-17(22)18(3,4)5)13-9-24(23)10-14(13)20-21/h6-8H,9-10H2,1-5H3,(H,19,22)/t24-/m0/s1. The fourth-order valence-corrected chi connectivity index (χ4v) is 3.95. The van der Waals surface area contributed by atoms with Crippen LogP contribution in [-0.2, 0) is 27.1 Å². The predicted molar refractivity (Wildman–Crippen MR) is 96.7 cm³/mol. The lowest BCUT2D eigenvalue weighted by atomic mass is 9.95. The molecule has 1 atom stereocenters. The normalized spacial score (nSPS) is 17.0. The first kappa shape index (κ1) is 16.9. The number of benzene rings is 1. The molecule has 1 aliphatic rings. The third-order valence-electron chi connectivity index (χ3n) is 4.39. The third kappa shape index (κ3) is 2.90. The van der Waals surface area contributed by atoms with Crippen molar-refractivity contribution in [3.63, 3.8) is 0 Å². The van der Waals surface area contributed by atoms with Crippen LogP contribution in [0.2, 0.25) is 0 Å². The molecule has 1 aromatic heterocycles. The fraction of sp³-hybridized carbons (Fsp3) is 0.444. The van der Waals surface area contributed by atoms with E-state index in [9.17, 15) is 9.00 Å². The highest BCUT2D eigenvalue weighted by molar-refractivity contribution is 7.83. The predicted octanol–water partition coefficient (Wildman–Crippen LogP) is 3.24. The maximum Gasteiger partial charge on any atom is 0.230 e. The average Bonchev–Trinajstić information content (AvgIpc) is 2.98. The second-order valence-corrected chi connectivity index (χ2v) is 8.79. The van der Waals surface area contributed by atoms with Crippen molar-refractivity contribution in [3.8, 4) is 5.69 Å². The van der Waals surface area contributed by atoms with E-state index < -0.39 is 16.2 Å². The summed E-state index contributed by atoms with van der Waals surface area (Å²) in [5.74, 6) is 1.48. The summed E-state index contributed by atoms with van der Waals surface area (Å²) in [7, 11) is -0.936. The Morgan fingerprint density at radius 3 is 2.62 bits per heavy atom. The quantitative estimate of drug-likeness (QED) is 0.909. The molecular weight excluding hydrogens is 322 g/mol. The van der Waals surface area contributed by atoms with Crippen LogP contribution in [0.15, 0.2) is 18.2 Å². The van der Waals surface area contributed by atoms with Gasteiger partial charge in [0, 0.05) is 21.8 Å². The van der Waals surface area contributed by atoms with E-state index >= 15 is 0 Å². The SMILES string of the molecule is Cc1cccc(-n2nc3c(c2NC(=O)C(C)(C)C)C[S@](=O)C3)c1C. The van der Waals surface area contributed by atoms with Crippen molar-refractivity contribution in [3.05, 3.63) is 40.6 Å². The number of nitrogens with zero attached hydrogens (tertiary/aromatic N) is 2. The van der Waals surface area contributed by atoms with E-state index in [-0.39, 0.29) is 5.91 Å². The zero-order valence-corrected chi connectivity index (χ0v) is 15.6. The molecule has 3 rings (SSSR count). The summed E-state index contributed by atoms with van der Waals surface area (Å²) >= 11 is 0. The van der Waals surface area contributed by atoms with Gasteiger partial charge < -0.3 is 5.32 Å². The van der Waals surface area contributed by atoms with Crippen molar-refractivity contribution in [1.82, 2.24) is 9.78 Å². The van der Waals surface area contributed by atoms with E-state index in [1.807, 2.05) is 39.8 Å². The fourth-order valence-electron chi connectivity index (χ4n) is 2.69. The van der Waals surface area contributed by atoms with Crippen LogP contribution in [0.3, 0.4) is 0 Å². The van der Waals surface area contributed by atoms with Crippen LogP contribution in [0, 0.1) is 19.3 Å². The molecule has 0 radical (unpaired) electrons. The van der Waals surface area contributed by atoms with E-state index in [1.54, 1.807) is 4.68 Å². The molecule has 0 saturated heterocycles. The summed E-state index contributed by atoms with van der Waals surface area (Å²) in [4.78, 5) is 12.5. The van der Waals surface area contributed by atoms with Gasteiger partial charge in [0.15, 0.2) is 0 Å². The maximum absolute atomic E-state index is 12.5. The summed E-state index contributed by atoms with van der Waals surface area (Å²) in [6, 6.07) is 6.03. The summed E-state index contributed by atoms with van der Waals surface area (Å²) < 4.78 is 13.7. The number of amides is 1. The first-order valence-electron chi connectivity index (χ1n) is 8.02. The molecule has 1 N–H and O–H groups in total. The molecule has 24 heavy (non-hydrogen) atoms. The van der Waals surface area contributed by atoms with Gasteiger partial charge in [0.25, 0.3) is 0 Å². The summed E-state index contributed by atoms with van der Waals surface area (Å²) in [6.07, 6.45) is 0. The van der Waals surface area contributed by atoms with Gasteiger partial charge >= 0.3 is 0 Å². The van der Waals surface area contributed by atoms with Gasteiger partial charge in [-0.05, 0) is 31.0 Å². The van der Waals surface area contributed by atoms with Crippen LogP contribution < -0.4 is 5.32 Å². The Balaban J connectivity index is 2.14. The minimum atomic E-state index is -0.936. The summed E-state index contributed by atoms with van der Waals surface area (Å²) in [6.45, 7) is 9.72. The molecule has 1 aromatic carbocycles. The van der Waals surface area contributed by atoms with Gasteiger partial charge in [-0.25, -0.2) is 4.68 Å². The van der Waals surface area contributed by atoms with Crippen LogP contribution in [0.1, 0.15) is 43.2 Å². The van der Waals surface area contributed by atoms with Gasteiger partial charge in [-0.15, -0.1) is 0 Å². The minimum Gasteiger partial charge on any atom is -0.310 e. The molecule has 6 heteroatoms. The van der Waals surface area contributed by atoms with E-state index in [0.717, 1.165) is 22.5 Å². The highest BCUT2D eigenvalue weighted by atomic mass is 32.2. The van der Waals surface area contributed by atoms with Crippen molar-refractivity contribution in [2.45, 2.75) is 46.1 Å². The second kappa shape index (κ2) is 5.84. The zero-order valence-electron chi connectivity index (χ0n) is 14.8. The lowest BCUT2D eigenvalue weighted by molar-refractivity contribution is -0.123. The summed E-state index contributed by atoms with van der Waals surface area (Å²) in [5.41, 5.74) is 4.43. The van der Waals surface area contributed by atoms with Crippen molar-refractivity contribution in [1.29, 1.82) is 0 Å². The number of carbonyl (C=O) groups is 1. The molecular formula is C18H23N3O2S. The highest BCUT2D eigenvalue weighted by Gasteiger charge is 2.31. The molecule has 128 valence electrons. The number of aromatic nitrogens is 2. The second-order valence-electron chi connectivity index (χ2n) is 7.34. The molecule has 0 saturated carbocycles. The Morgan fingerprint density at radius 1 is 1.25 bits per heavy atom. The topological polar surface area (TPSA) is 64.0 Å². The Kier molecular flexibility index (Phi) is 4.11. The van der Waals surface area contributed by atoms with Crippen LogP contribution in [0.25, 0.3) is 5.69 Å². The molecule has 1 aliphatic heterocycles. The van der Waals surface area contributed by atoms with Gasteiger partial charge in [-0.3, -0.25) is 9.00 Å². The lowest BCUT2D eigenvalue weighted by Gasteiger charge is -2.20. The highest BCUT2D eigenvalue weighted by Crippen LogP contribution is 2.33. The number of carbonyl (C=O) groups excluding carboxylic acids is 1. The Morgan fingerprint density at radius 2 is 1.96 bits per heavy atom. The largest absolute Gasteiger partial charge is 0.310 e. The van der Waals surface area contributed by atoms with Crippen LogP contribution in [0.5, 0.6) is 0 Å².